The largest absolute Gasteiger partial charge is 0.453 e. The van der Waals surface area contributed by atoms with Gasteiger partial charge in [0.1, 0.15) is 5.52 Å². The average Bonchev–Trinajstić information content (AvgIpc) is 3.06. The van der Waals surface area contributed by atoms with E-state index in [9.17, 15) is 9.59 Å². The lowest BCUT2D eigenvalue weighted by Gasteiger charge is -2.16. The number of amides is 1. The van der Waals surface area contributed by atoms with E-state index in [1.807, 2.05) is 56.3 Å². The number of fused-ring (bicyclic) bond motifs is 1. The van der Waals surface area contributed by atoms with E-state index in [1.54, 1.807) is 6.92 Å². The minimum atomic E-state index is -0.889. The van der Waals surface area contributed by atoms with E-state index >= 15 is 0 Å². The number of hydrogen-bond donors (Lipinski definition) is 1. The molecule has 2 aromatic carbocycles. The van der Waals surface area contributed by atoms with Crippen LogP contribution in [0.2, 0.25) is 0 Å². The highest BCUT2D eigenvalue weighted by atomic mass is 16.5. The fourth-order valence-electron chi connectivity index (χ4n) is 2.78. The van der Waals surface area contributed by atoms with Crippen LogP contribution in [0.15, 0.2) is 46.9 Å². The maximum atomic E-state index is 12.3. The number of carbonyl (C=O) groups is 2. The van der Waals surface area contributed by atoms with Gasteiger partial charge < -0.3 is 14.5 Å². The summed E-state index contributed by atoms with van der Waals surface area (Å²) < 4.78 is 10.8. The molecule has 3 aromatic rings. The van der Waals surface area contributed by atoms with Gasteiger partial charge in [-0.3, -0.25) is 9.59 Å². The molecule has 0 bridgehead atoms. The van der Waals surface area contributed by atoms with Gasteiger partial charge in [-0.2, -0.15) is 0 Å². The second-order valence-corrected chi connectivity index (χ2v) is 6.46. The second kappa shape index (κ2) is 8.03. The number of ether oxygens (including phenoxy) is 1. The molecular weight excluding hydrogens is 344 g/mol. The zero-order chi connectivity index (χ0) is 19.4. The SMILES string of the molecule is Cc1cccc(C)c1NC(=O)[C@H](C)OC(=O)CCc1nc2ccccc2o1. The molecule has 0 aliphatic rings. The second-order valence-electron chi connectivity index (χ2n) is 6.46. The first-order valence-corrected chi connectivity index (χ1v) is 8.85. The summed E-state index contributed by atoms with van der Waals surface area (Å²) in [6, 6.07) is 13.2. The van der Waals surface area contributed by atoms with Gasteiger partial charge in [0.05, 0.1) is 6.42 Å². The van der Waals surface area contributed by atoms with E-state index in [4.69, 9.17) is 9.15 Å². The van der Waals surface area contributed by atoms with Crippen molar-refractivity contribution in [2.75, 3.05) is 5.32 Å². The molecule has 1 aromatic heterocycles. The number of carbonyl (C=O) groups excluding carboxylic acids is 2. The fourth-order valence-corrected chi connectivity index (χ4v) is 2.78. The zero-order valence-corrected chi connectivity index (χ0v) is 15.6. The Kier molecular flexibility index (Phi) is 5.54. The highest BCUT2D eigenvalue weighted by molar-refractivity contribution is 5.96. The molecule has 0 aliphatic carbocycles. The molecule has 3 rings (SSSR count). The van der Waals surface area contributed by atoms with Crippen LogP contribution in [0.3, 0.4) is 0 Å². The predicted octanol–water partition coefficient (Wildman–Crippen LogP) is 3.95. The Morgan fingerprint density at radius 2 is 1.81 bits per heavy atom. The van der Waals surface area contributed by atoms with Gasteiger partial charge in [0.15, 0.2) is 17.6 Å². The van der Waals surface area contributed by atoms with Crippen molar-refractivity contribution in [1.82, 2.24) is 4.98 Å². The molecule has 140 valence electrons. The Labute approximate surface area is 157 Å². The Balaban J connectivity index is 1.53. The molecule has 1 atom stereocenters. The highest BCUT2D eigenvalue weighted by Gasteiger charge is 2.19. The van der Waals surface area contributed by atoms with E-state index in [0.717, 1.165) is 22.3 Å². The quantitative estimate of drug-likeness (QED) is 0.668. The Bertz CT molecular complexity index is 924. The fraction of sp³-hybridized carbons (Fsp3) is 0.286. The molecule has 1 heterocycles. The molecule has 1 amide bonds. The normalized spacial score (nSPS) is 12.0. The monoisotopic (exact) mass is 366 g/mol. The summed E-state index contributed by atoms with van der Waals surface area (Å²) in [5.41, 5.74) is 4.09. The van der Waals surface area contributed by atoms with Crippen molar-refractivity contribution in [1.29, 1.82) is 0 Å². The van der Waals surface area contributed by atoms with Gasteiger partial charge >= 0.3 is 5.97 Å². The van der Waals surface area contributed by atoms with Gasteiger partial charge in [-0.05, 0) is 44.0 Å². The summed E-state index contributed by atoms with van der Waals surface area (Å²) in [6.45, 7) is 5.39. The van der Waals surface area contributed by atoms with Crippen molar-refractivity contribution in [3.63, 3.8) is 0 Å². The van der Waals surface area contributed by atoms with Crippen molar-refractivity contribution in [2.45, 2.75) is 39.7 Å². The number of nitrogens with zero attached hydrogens (tertiary/aromatic N) is 1. The first kappa shape index (κ1) is 18.6. The molecule has 0 saturated heterocycles. The minimum Gasteiger partial charge on any atom is -0.453 e. The topological polar surface area (TPSA) is 81.4 Å². The minimum absolute atomic E-state index is 0.0911. The van der Waals surface area contributed by atoms with Crippen LogP contribution < -0.4 is 5.32 Å². The molecule has 0 fully saturated rings. The summed E-state index contributed by atoms with van der Waals surface area (Å²) >= 11 is 0. The molecule has 0 unspecified atom stereocenters. The van der Waals surface area contributed by atoms with E-state index < -0.39 is 12.1 Å². The van der Waals surface area contributed by atoms with Crippen LogP contribution in [0, 0.1) is 13.8 Å². The van der Waals surface area contributed by atoms with E-state index in [2.05, 4.69) is 10.3 Å². The van der Waals surface area contributed by atoms with Gasteiger partial charge in [-0.25, -0.2) is 4.98 Å². The summed E-state index contributed by atoms with van der Waals surface area (Å²) in [6.07, 6.45) is -0.479. The number of esters is 1. The maximum absolute atomic E-state index is 12.3. The summed E-state index contributed by atoms with van der Waals surface area (Å²) in [7, 11) is 0. The lowest BCUT2D eigenvalue weighted by atomic mass is 10.1. The molecule has 6 nitrogen and oxygen atoms in total. The number of aromatic nitrogens is 1. The molecule has 1 N–H and O–H groups in total. The number of rotatable bonds is 6. The number of aryl methyl sites for hydroxylation is 3. The summed E-state index contributed by atoms with van der Waals surface area (Å²) in [5.74, 6) is -0.357. The van der Waals surface area contributed by atoms with Crippen molar-refractivity contribution in [3.8, 4) is 0 Å². The van der Waals surface area contributed by atoms with Gasteiger partial charge in [-0.1, -0.05) is 30.3 Å². The number of anilines is 1. The third-order valence-electron chi connectivity index (χ3n) is 4.29. The number of nitrogens with one attached hydrogen (secondary N) is 1. The predicted molar refractivity (Wildman–Crippen MR) is 102 cm³/mol. The molecule has 0 radical (unpaired) electrons. The first-order valence-electron chi connectivity index (χ1n) is 8.85. The van der Waals surface area contributed by atoms with E-state index in [0.29, 0.717) is 17.9 Å². The van der Waals surface area contributed by atoms with Crippen molar-refractivity contribution < 1.29 is 18.7 Å². The third kappa shape index (κ3) is 4.53. The number of para-hydroxylation sites is 3. The first-order chi connectivity index (χ1) is 12.9. The van der Waals surface area contributed by atoms with Crippen LogP contribution in [0.1, 0.15) is 30.4 Å². The Morgan fingerprint density at radius 3 is 2.52 bits per heavy atom. The summed E-state index contributed by atoms with van der Waals surface area (Å²) in [5, 5.41) is 2.83. The number of oxazole rings is 1. The number of benzene rings is 2. The van der Waals surface area contributed by atoms with Crippen molar-refractivity contribution in [3.05, 3.63) is 59.5 Å². The molecule has 0 spiro atoms. The molecule has 6 heteroatoms. The molecular formula is C21H22N2O4. The standard InChI is InChI=1S/C21H22N2O4/c1-13-7-6-8-14(2)20(13)23-21(25)15(3)26-19(24)12-11-18-22-16-9-4-5-10-17(16)27-18/h4-10,15H,11-12H2,1-3H3,(H,23,25)/t15-/m0/s1. The van der Waals surface area contributed by atoms with E-state index in [-0.39, 0.29) is 12.3 Å². The van der Waals surface area contributed by atoms with E-state index in [1.165, 1.54) is 0 Å². The van der Waals surface area contributed by atoms with Crippen molar-refractivity contribution >= 4 is 28.7 Å². The van der Waals surface area contributed by atoms with Crippen LogP contribution in [0.5, 0.6) is 0 Å². The molecule has 0 saturated carbocycles. The molecule has 0 aliphatic heterocycles. The van der Waals surface area contributed by atoms with Crippen LogP contribution in [0.25, 0.3) is 11.1 Å². The average molecular weight is 366 g/mol. The summed E-state index contributed by atoms with van der Waals surface area (Å²) in [4.78, 5) is 28.7. The van der Waals surface area contributed by atoms with Crippen LogP contribution in [0.4, 0.5) is 5.69 Å². The van der Waals surface area contributed by atoms with Gasteiger partial charge in [0.2, 0.25) is 0 Å². The van der Waals surface area contributed by atoms with Crippen LogP contribution >= 0.6 is 0 Å². The zero-order valence-electron chi connectivity index (χ0n) is 15.6. The highest BCUT2D eigenvalue weighted by Crippen LogP contribution is 2.20. The Morgan fingerprint density at radius 1 is 1.11 bits per heavy atom. The number of hydrogen-bond acceptors (Lipinski definition) is 5. The molecule has 27 heavy (non-hydrogen) atoms. The van der Waals surface area contributed by atoms with Crippen LogP contribution in [-0.2, 0) is 20.7 Å². The van der Waals surface area contributed by atoms with Gasteiger partial charge in [-0.15, -0.1) is 0 Å². The third-order valence-corrected chi connectivity index (χ3v) is 4.29. The maximum Gasteiger partial charge on any atom is 0.307 e. The van der Waals surface area contributed by atoms with Crippen LogP contribution in [-0.4, -0.2) is 23.0 Å². The Hall–Kier alpha value is -3.15. The lowest BCUT2D eigenvalue weighted by molar-refractivity contribution is -0.153. The van der Waals surface area contributed by atoms with Gasteiger partial charge in [0.25, 0.3) is 5.91 Å². The van der Waals surface area contributed by atoms with Gasteiger partial charge in [0, 0.05) is 12.1 Å². The smallest absolute Gasteiger partial charge is 0.307 e. The lowest BCUT2D eigenvalue weighted by Crippen LogP contribution is -2.30. The van der Waals surface area contributed by atoms with Crippen molar-refractivity contribution in [2.24, 2.45) is 0 Å².